The van der Waals surface area contributed by atoms with Crippen LogP contribution in [-0.2, 0) is 6.54 Å². The predicted octanol–water partition coefficient (Wildman–Crippen LogP) is 2.91. The van der Waals surface area contributed by atoms with Crippen LogP contribution in [0.3, 0.4) is 0 Å². The second kappa shape index (κ2) is 7.15. The molecule has 28 heavy (non-hydrogen) atoms. The molecule has 0 spiro atoms. The Morgan fingerprint density at radius 1 is 0.964 bits per heavy atom. The zero-order chi connectivity index (χ0) is 19.7. The number of hydrogen-bond acceptors (Lipinski definition) is 4. The van der Waals surface area contributed by atoms with Gasteiger partial charge >= 0.3 is 5.69 Å². The highest BCUT2D eigenvalue weighted by Gasteiger charge is 2.16. The number of ether oxygens (including phenoxy) is 1. The molecular weight excluding hydrogens is 354 g/mol. The number of methoxy groups -OCH3 is 1. The van der Waals surface area contributed by atoms with E-state index in [0.29, 0.717) is 22.5 Å². The highest BCUT2D eigenvalue weighted by molar-refractivity contribution is 5.75. The van der Waals surface area contributed by atoms with Gasteiger partial charge in [-0.1, -0.05) is 24.3 Å². The van der Waals surface area contributed by atoms with E-state index in [0.717, 1.165) is 11.1 Å². The van der Waals surface area contributed by atoms with Gasteiger partial charge in [0.1, 0.15) is 5.75 Å². The Bertz CT molecular complexity index is 1270. The molecule has 0 unspecified atom stereocenters. The summed E-state index contributed by atoms with van der Waals surface area (Å²) < 4.78 is 7.93. The smallest absolute Gasteiger partial charge is 0.337 e. The van der Waals surface area contributed by atoms with Crippen LogP contribution in [0.5, 0.6) is 5.75 Å². The number of hydrogen-bond donors (Lipinski definition) is 0. The van der Waals surface area contributed by atoms with E-state index in [1.54, 1.807) is 49.7 Å². The highest BCUT2D eigenvalue weighted by Crippen LogP contribution is 2.17. The summed E-state index contributed by atoms with van der Waals surface area (Å²) >= 11 is 0. The standard InChI is InChI=1S/C22H19N3O3/c1-15-6-3-4-7-16(15)14-24-21(26)19-8-5-13-23-20(19)25(22(24)27)17-9-11-18(28-2)12-10-17/h3-13H,14H2,1-2H3. The average molecular weight is 373 g/mol. The van der Waals surface area contributed by atoms with Crippen molar-refractivity contribution in [3.63, 3.8) is 0 Å². The molecule has 0 saturated carbocycles. The number of rotatable bonds is 4. The van der Waals surface area contributed by atoms with Crippen LogP contribution >= 0.6 is 0 Å². The van der Waals surface area contributed by atoms with Crippen LogP contribution in [0.15, 0.2) is 76.4 Å². The van der Waals surface area contributed by atoms with E-state index in [4.69, 9.17) is 4.74 Å². The lowest BCUT2D eigenvalue weighted by Crippen LogP contribution is -2.40. The topological polar surface area (TPSA) is 66.1 Å². The minimum Gasteiger partial charge on any atom is -0.497 e. The maximum absolute atomic E-state index is 13.3. The Kier molecular flexibility index (Phi) is 4.53. The summed E-state index contributed by atoms with van der Waals surface area (Å²) in [6.07, 6.45) is 1.58. The van der Waals surface area contributed by atoms with E-state index < -0.39 is 5.69 Å². The quantitative estimate of drug-likeness (QED) is 0.552. The number of aromatic nitrogens is 3. The van der Waals surface area contributed by atoms with Gasteiger partial charge in [-0.15, -0.1) is 0 Å². The van der Waals surface area contributed by atoms with Crippen LogP contribution in [0, 0.1) is 6.92 Å². The molecule has 0 radical (unpaired) electrons. The van der Waals surface area contributed by atoms with Crippen LogP contribution in [0.2, 0.25) is 0 Å². The van der Waals surface area contributed by atoms with Crippen molar-refractivity contribution < 1.29 is 4.74 Å². The molecule has 0 saturated heterocycles. The van der Waals surface area contributed by atoms with Gasteiger partial charge in [0.25, 0.3) is 5.56 Å². The van der Waals surface area contributed by atoms with Crippen molar-refractivity contribution in [3.8, 4) is 11.4 Å². The van der Waals surface area contributed by atoms with Crippen LogP contribution in [-0.4, -0.2) is 21.2 Å². The monoisotopic (exact) mass is 373 g/mol. The maximum Gasteiger partial charge on any atom is 0.337 e. The van der Waals surface area contributed by atoms with E-state index in [1.807, 2.05) is 31.2 Å². The van der Waals surface area contributed by atoms with E-state index >= 15 is 0 Å². The first kappa shape index (κ1) is 17.7. The van der Waals surface area contributed by atoms with Gasteiger partial charge in [0.15, 0.2) is 5.65 Å². The molecule has 0 N–H and O–H groups in total. The summed E-state index contributed by atoms with van der Waals surface area (Å²) in [6, 6.07) is 18.2. The molecule has 0 fully saturated rings. The SMILES string of the molecule is COc1ccc(-n2c(=O)n(Cc3ccccc3C)c(=O)c3cccnc32)cc1. The van der Waals surface area contributed by atoms with Gasteiger partial charge in [-0.3, -0.25) is 9.36 Å². The number of benzene rings is 2. The lowest BCUT2D eigenvalue weighted by Gasteiger charge is -2.14. The van der Waals surface area contributed by atoms with Crippen molar-refractivity contribution in [2.24, 2.45) is 0 Å². The molecule has 0 aliphatic heterocycles. The first-order valence-electron chi connectivity index (χ1n) is 8.89. The van der Waals surface area contributed by atoms with Crippen LogP contribution in [0.25, 0.3) is 16.7 Å². The maximum atomic E-state index is 13.3. The van der Waals surface area contributed by atoms with Crippen LogP contribution in [0.1, 0.15) is 11.1 Å². The summed E-state index contributed by atoms with van der Waals surface area (Å²) in [5, 5.41) is 0.395. The fraction of sp³-hybridized carbons (Fsp3) is 0.136. The minimum absolute atomic E-state index is 0.200. The Morgan fingerprint density at radius 3 is 2.43 bits per heavy atom. The van der Waals surface area contributed by atoms with Crippen molar-refractivity contribution in [2.75, 3.05) is 7.11 Å². The van der Waals surface area contributed by atoms with Crippen LogP contribution < -0.4 is 16.0 Å². The molecule has 0 aliphatic rings. The number of aryl methyl sites for hydroxylation is 1. The molecule has 4 rings (SSSR count). The number of nitrogens with zero attached hydrogens (tertiary/aromatic N) is 3. The Labute approximate surface area is 161 Å². The van der Waals surface area contributed by atoms with Crippen molar-refractivity contribution in [1.82, 2.24) is 14.1 Å². The zero-order valence-corrected chi connectivity index (χ0v) is 15.6. The molecule has 4 aromatic rings. The number of fused-ring (bicyclic) bond motifs is 1. The van der Waals surface area contributed by atoms with Crippen molar-refractivity contribution in [1.29, 1.82) is 0 Å². The molecule has 2 aromatic carbocycles. The Hall–Kier alpha value is -3.67. The molecule has 6 nitrogen and oxygen atoms in total. The van der Waals surface area contributed by atoms with Crippen molar-refractivity contribution in [2.45, 2.75) is 13.5 Å². The van der Waals surface area contributed by atoms with Gasteiger partial charge < -0.3 is 4.74 Å². The fourth-order valence-corrected chi connectivity index (χ4v) is 3.25. The summed E-state index contributed by atoms with van der Waals surface area (Å²) in [4.78, 5) is 30.7. The third-order valence-corrected chi connectivity index (χ3v) is 4.82. The predicted molar refractivity (Wildman–Crippen MR) is 108 cm³/mol. The molecule has 2 heterocycles. The van der Waals surface area contributed by atoms with E-state index in [2.05, 4.69) is 4.98 Å². The van der Waals surface area contributed by atoms with Crippen molar-refractivity contribution >= 4 is 11.0 Å². The van der Waals surface area contributed by atoms with Gasteiger partial charge in [-0.2, -0.15) is 0 Å². The third-order valence-electron chi connectivity index (χ3n) is 4.82. The van der Waals surface area contributed by atoms with E-state index in [-0.39, 0.29) is 12.1 Å². The molecule has 0 atom stereocenters. The average Bonchev–Trinajstić information content (AvgIpc) is 2.73. The Morgan fingerprint density at radius 2 is 1.71 bits per heavy atom. The Balaban J connectivity index is 2.00. The first-order valence-corrected chi connectivity index (χ1v) is 8.89. The summed E-state index contributed by atoms with van der Waals surface area (Å²) in [6.45, 7) is 2.16. The molecule has 0 amide bonds. The lowest BCUT2D eigenvalue weighted by atomic mass is 10.1. The fourth-order valence-electron chi connectivity index (χ4n) is 3.25. The summed E-state index contributed by atoms with van der Waals surface area (Å²) in [5.74, 6) is 0.683. The van der Waals surface area contributed by atoms with Crippen molar-refractivity contribution in [3.05, 3.63) is 98.8 Å². The largest absolute Gasteiger partial charge is 0.497 e. The first-order chi connectivity index (χ1) is 13.6. The molecule has 140 valence electrons. The summed E-state index contributed by atoms with van der Waals surface area (Å²) in [7, 11) is 1.58. The molecule has 2 aromatic heterocycles. The molecular formula is C22H19N3O3. The van der Waals surface area contributed by atoms with Gasteiger partial charge in [0, 0.05) is 6.20 Å². The van der Waals surface area contributed by atoms with Gasteiger partial charge in [-0.05, 0) is 54.4 Å². The van der Waals surface area contributed by atoms with Gasteiger partial charge in [0.2, 0.25) is 0 Å². The second-order valence-electron chi connectivity index (χ2n) is 6.51. The van der Waals surface area contributed by atoms with Gasteiger partial charge in [0.05, 0.1) is 24.7 Å². The molecule has 0 aliphatic carbocycles. The molecule has 0 bridgehead atoms. The normalized spacial score (nSPS) is 10.9. The zero-order valence-electron chi connectivity index (χ0n) is 15.6. The number of pyridine rings is 1. The third kappa shape index (κ3) is 2.99. The minimum atomic E-state index is -0.426. The van der Waals surface area contributed by atoms with E-state index in [9.17, 15) is 9.59 Å². The van der Waals surface area contributed by atoms with Gasteiger partial charge in [-0.25, -0.2) is 14.3 Å². The lowest BCUT2D eigenvalue weighted by molar-refractivity contribution is 0.414. The van der Waals surface area contributed by atoms with E-state index in [1.165, 1.54) is 9.13 Å². The highest BCUT2D eigenvalue weighted by atomic mass is 16.5. The van der Waals surface area contributed by atoms with Crippen LogP contribution in [0.4, 0.5) is 0 Å². The molecule has 6 heteroatoms. The summed E-state index contributed by atoms with van der Waals surface area (Å²) in [5.41, 5.74) is 2.13. The second-order valence-corrected chi connectivity index (χ2v) is 6.51.